The van der Waals surface area contributed by atoms with E-state index in [0.717, 1.165) is 48.9 Å². The summed E-state index contributed by atoms with van der Waals surface area (Å²) in [6.45, 7) is 5.70. The molecule has 2 aromatic rings. The minimum absolute atomic E-state index is 0.898. The smallest absolute Gasteiger partial charge is 0.142 e. The van der Waals surface area contributed by atoms with Crippen LogP contribution in [0.15, 0.2) is 53.9 Å². The number of benzene rings is 1. The Kier molecular flexibility index (Phi) is 4.76. The zero-order valence-corrected chi connectivity index (χ0v) is 13.6. The highest BCUT2D eigenvalue weighted by Crippen LogP contribution is 2.28. The number of methoxy groups -OCH3 is 1. The van der Waals surface area contributed by atoms with Crippen LogP contribution in [0.2, 0.25) is 0 Å². The third kappa shape index (κ3) is 3.62. The van der Waals surface area contributed by atoms with Gasteiger partial charge in [0.05, 0.1) is 31.6 Å². The van der Waals surface area contributed by atoms with Crippen LogP contribution < -0.4 is 9.64 Å². The van der Waals surface area contributed by atoms with Crippen molar-refractivity contribution < 1.29 is 4.74 Å². The summed E-state index contributed by atoms with van der Waals surface area (Å²) in [6.07, 6.45) is 3.63. The van der Waals surface area contributed by atoms with Gasteiger partial charge in [0, 0.05) is 31.0 Å². The second-order valence-electron chi connectivity index (χ2n) is 5.54. The number of hydrogen-bond donors (Lipinski definition) is 0. The molecule has 1 aliphatic heterocycles. The van der Waals surface area contributed by atoms with Gasteiger partial charge in [-0.3, -0.25) is 9.99 Å². The zero-order chi connectivity index (χ0) is 16.1. The number of anilines is 1. The van der Waals surface area contributed by atoms with Gasteiger partial charge < -0.3 is 9.64 Å². The second kappa shape index (κ2) is 7.13. The van der Waals surface area contributed by atoms with Gasteiger partial charge in [0.2, 0.25) is 0 Å². The molecule has 0 aliphatic carbocycles. The van der Waals surface area contributed by atoms with Gasteiger partial charge in [0.1, 0.15) is 5.75 Å². The van der Waals surface area contributed by atoms with Crippen LogP contribution in [0.3, 0.4) is 0 Å². The van der Waals surface area contributed by atoms with E-state index in [-0.39, 0.29) is 0 Å². The molecule has 23 heavy (non-hydrogen) atoms. The predicted octanol–water partition coefficient (Wildman–Crippen LogP) is 2.64. The van der Waals surface area contributed by atoms with E-state index in [1.54, 1.807) is 13.3 Å². The van der Waals surface area contributed by atoms with Crippen molar-refractivity contribution in [2.45, 2.75) is 6.92 Å². The molecule has 1 fully saturated rings. The average molecular weight is 310 g/mol. The first-order chi connectivity index (χ1) is 11.3. The van der Waals surface area contributed by atoms with Gasteiger partial charge in [-0.15, -0.1) is 0 Å². The number of hydrogen-bond acceptors (Lipinski definition) is 5. The first kappa shape index (κ1) is 15.3. The van der Waals surface area contributed by atoms with Crippen LogP contribution in [0.25, 0.3) is 0 Å². The molecule has 5 nitrogen and oxygen atoms in total. The number of para-hydroxylation sites is 2. The van der Waals surface area contributed by atoms with Crippen LogP contribution in [0.1, 0.15) is 12.5 Å². The molecule has 0 spiro atoms. The van der Waals surface area contributed by atoms with Crippen LogP contribution in [0.5, 0.6) is 5.75 Å². The molecule has 120 valence electrons. The Morgan fingerprint density at radius 2 is 1.87 bits per heavy atom. The van der Waals surface area contributed by atoms with Crippen LogP contribution in [-0.4, -0.2) is 49.0 Å². The monoisotopic (exact) mass is 310 g/mol. The first-order valence-electron chi connectivity index (χ1n) is 7.86. The van der Waals surface area contributed by atoms with E-state index >= 15 is 0 Å². The fourth-order valence-electron chi connectivity index (χ4n) is 2.77. The van der Waals surface area contributed by atoms with Gasteiger partial charge in [0.15, 0.2) is 0 Å². The van der Waals surface area contributed by atoms with Crippen molar-refractivity contribution >= 4 is 11.4 Å². The molecular weight excluding hydrogens is 288 g/mol. The van der Waals surface area contributed by atoms with E-state index in [1.807, 2.05) is 37.4 Å². The molecule has 1 aromatic carbocycles. The lowest BCUT2D eigenvalue weighted by Gasteiger charge is -2.35. The van der Waals surface area contributed by atoms with Gasteiger partial charge in [0.25, 0.3) is 0 Å². The van der Waals surface area contributed by atoms with Gasteiger partial charge in [-0.25, -0.2) is 0 Å². The van der Waals surface area contributed by atoms with Crippen molar-refractivity contribution in [1.29, 1.82) is 0 Å². The maximum absolute atomic E-state index is 5.46. The number of hydrazone groups is 1. The quantitative estimate of drug-likeness (QED) is 0.814. The molecule has 5 heteroatoms. The Hall–Kier alpha value is -2.56. The number of pyridine rings is 1. The van der Waals surface area contributed by atoms with E-state index < -0.39 is 0 Å². The van der Waals surface area contributed by atoms with Crippen molar-refractivity contribution in [3.05, 3.63) is 54.4 Å². The molecule has 1 aliphatic rings. The number of ether oxygens (including phenoxy) is 1. The normalized spacial score (nSPS) is 15.7. The first-order valence-corrected chi connectivity index (χ1v) is 7.86. The Labute approximate surface area is 137 Å². The second-order valence-corrected chi connectivity index (χ2v) is 5.54. The highest BCUT2D eigenvalue weighted by Gasteiger charge is 2.18. The van der Waals surface area contributed by atoms with Crippen LogP contribution in [0, 0.1) is 0 Å². The van der Waals surface area contributed by atoms with Crippen molar-refractivity contribution in [1.82, 2.24) is 9.99 Å². The fourth-order valence-corrected chi connectivity index (χ4v) is 2.77. The molecule has 1 aromatic heterocycles. The minimum Gasteiger partial charge on any atom is -0.495 e. The summed E-state index contributed by atoms with van der Waals surface area (Å²) in [6, 6.07) is 12.1. The summed E-state index contributed by atoms with van der Waals surface area (Å²) in [5.74, 6) is 0.927. The number of rotatable bonds is 4. The summed E-state index contributed by atoms with van der Waals surface area (Å²) in [7, 11) is 1.72. The lowest BCUT2D eigenvalue weighted by atomic mass is 10.2. The molecule has 0 radical (unpaired) electrons. The molecule has 1 saturated heterocycles. The largest absolute Gasteiger partial charge is 0.495 e. The van der Waals surface area contributed by atoms with Crippen LogP contribution in [-0.2, 0) is 0 Å². The summed E-state index contributed by atoms with van der Waals surface area (Å²) >= 11 is 0. The van der Waals surface area contributed by atoms with E-state index in [9.17, 15) is 0 Å². The molecular formula is C18H22N4O. The summed E-state index contributed by atoms with van der Waals surface area (Å²) in [5.41, 5.74) is 3.23. The Bertz CT molecular complexity index is 664. The van der Waals surface area contributed by atoms with E-state index in [2.05, 4.69) is 27.0 Å². The molecule has 0 atom stereocenters. The predicted molar refractivity (Wildman–Crippen MR) is 93.2 cm³/mol. The number of aromatic nitrogens is 1. The van der Waals surface area contributed by atoms with Crippen LogP contribution in [0.4, 0.5) is 5.69 Å². The molecule has 0 saturated carbocycles. The Balaban J connectivity index is 1.65. The minimum atomic E-state index is 0.898. The number of piperazine rings is 1. The SMILES string of the molecule is COc1ccccc1N1CCN(/N=C(\C)c2cccnc2)CC1. The molecule has 2 heterocycles. The molecule has 0 unspecified atom stereocenters. The Morgan fingerprint density at radius 3 is 2.57 bits per heavy atom. The van der Waals surface area contributed by atoms with E-state index in [0.29, 0.717) is 0 Å². The standard InChI is InChI=1S/C18H22N4O/c1-15(16-6-5-9-19-14-16)20-22-12-10-21(11-13-22)17-7-3-4-8-18(17)23-2/h3-9,14H,10-13H2,1-2H3/b20-15+. The maximum atomic E-state index is 5.46. The summed E-state index contributed by atoms with van der Waals surface area (Å²) < 4.78 is 5.46. The van der Waals surface area contributed by atoms with Gasteiger partial charge in [-0.05, 0) is 25.1 Å². The molecule has 3 rings (SSSR count). The third-order valence-corrected chi connectivity index (χ3v) is 4.05. The van der Waals surface area contributed by atoms with Crippen molar-refractivity contribution in [3.8, 4) is 5.75 Å². The van der Waals surface area contributed by atoms with Crippen LogP contribution >= 0.6 is 0 Å². The Morgan fingerprint density at radius 1 is 1.09 bits per heavy atom. The van der Waals surface area contributed by atoms with Gasteiger partial charge in [-0.1, -0.05) is 18.2 Å². The fraction of sp³-hybridized carbons (Fsp3) is 0.333. The van der Waals surface area contributed by atoms with Crippen molar-refractivity contribution in [2.24, 2.45) is 5.10 Å². The lowest BCUT2D eigenvalue weighted by molar-refractivity contribution is 0.269. The zero-order valence-electron chi connectivity index (χ0n) is 13.6. The summed E-state index contributed by atoms with van der Waals surface area (Å²) in [4.78, 5) is 6.50. The lowest BCUT2D eigenvalue weighted by Crippen LogP contribution is -2.44. The average Bonchev–Trinajstić information content (AvgIpc) is 2.63. The number of nitrogens with zero attached hydrogens (tertiary/aromatic N) is 4. The van der Waals surface area contributed by atoms with Crippen molar-refractivity contribution in [3.63, 3.8) is 0 Å². The van der Waals surface area contributed by atoms with E-state index in [4.69, 9.17) is 9.84 Å². The summed E-state index contributed by atoms with van der Waals surface area (Å²) in [5, 5.41) is 6.86. The topological polar surface area (TPSA) is 41.0 Å². The van der Waals surface area contributed by atoms with Crippen molar-refractivity contribution in [2.75, 3.05) is 38.2 Å². The highest BCUT2D eigenvalue weighted by atomic mass is 16.5. The maximum Gasteiger partial charge on any atom is 0.142 e. The molecule has 0 amide bonds. The third-order valence-electron chi connectivity index (χ3n) is 4.05. The van der Waals surface area contributed by atoms with Gasteiger partial charge in [-0.2, -0.15) is 5.10 Å². The molecule has 0 bridgehead atoms. The van der Waals surface area contributed by atoms with Gasteiger partial charge >= 0.3 is 0 Å². The highest BCUT2D eigenvalue weighted by molar-refractivity contribution is 5.98. The molecule has 0 N–H and O–H groups in total. The van der Waals surface area contributed by atoms with E-state index in [1.165, 1.54) is 0 Å².